The van der Waals surface area contributed by atoms with E-state index >= 15 is 0 Å². The van der Waals surface area contributed by atoms with Crippen LogP contribution in [0.4, 0.5) is 0 Å². The number of rotatable bonds is 8. The molecule has 0 radical (unpaired) electrons. The zero-order chi connectivity index (χ0) is 15.8. The molecule has 1 amide bonds. The maximum atomic E-state index is 11.7. The molecule has 0 bridgehead atoms. The van der Waals surface area contributed by atoms with E-state index in [1.54, 1.807) is 7.11 Å². The molecule has 1 rings (SSSR count). The minimum Gasteiger partial charge on any atom is -0.497 e. The highest BCUT2D eigenvalue weighted by atomic mass is 16.5. The Kier molecular flexibility index (Phi) is 7.02. The maximum absolute atomic E-state index is 11.7. The van der Waals surface area contributed by atoms with Gasteiger partial charge in [-0.15, -0.1) is 0 Å². The van der Waals surface area contributed by atoms with E-state index in [-0.39, 0.29) is 24.6 Å². The summed E-state index contributed by atoms with van der Waals surface area (Å²) in [7, 11) is 1.62. The molecule has 0 aliphatic carbocycles. The van der Waals surface area contributed by atoms with Crippen LogP contribution in [-0.2, 0) is 11.2 Å². The van der Waals surface area contributed by atoms with E-state index in [1.165, 1.54) is 0 Å². The summed E-state index contributed by atoms with van der Waals surface area (Å²) in [6, 6.07) is 5.70. The number of nitrogens with two attached hydrogens (primary N) is 1. The van der Waals surface area contributed by atoms with Crippen LogP contribution in [0.5, 0.6) is 11.5 Å². The molecule has 0 saturated carbocycles. The van der Waals surface area contributed by atoms with Crippen molar-refractivity contribution in [3.05, 3.63) is 23.8 Å². The second-order valence-corrected chi connectivity index (χ2v) is 5.36. The first-order valence-electron chi connectivity index (χ1n) is 7.30. The summed E-state index contributed by atoms with van der Waals surface area (Å²) in [6.07, 6.45) is 1.57. The summed E-state index contributed by atoms with van der Waals surface area (Å²) in [5.41, 5.74) is 6.97. The molecule has 1 aromatic rings. The summed E-state index contributed by atoms with van der Waals surface area (Å²) in [5, 5.41) is 2.79. The number of nitrogens with one attached hydrogen (secondary N) is 1. The number of hydrogen-bond acceptors (Lipinski definition) is 4. The van der Waals surface area contributed by atoms with Gasteiger partial charge in [0, 0.05) is 12.1 Å². The van der Waals surface area contributed by atoms with Crippen molar-refractivity contribution in [3.8, 4) is 11.5 Å². The van der Waals surface area contributed by atoms with Crippen LogP contribution >= 0.6 is 0 Å². The van der Waals surface area contributed by atoms with Crippen LogP contribution in [0.2, 0.25) is 0 Å². The van der Waals surface area contributed by atoms with Gasteiger partial charge in [0.25, 0.3) is 5.91 Å². The van der Waals surface area contributed by atoms with Gasteiger partial charge in [-0.2, -0.15) is 0 Å². The molecule has 1 aromatic carbocycles. The van der Waals surface area contributed by atoms with Crippen molar-refractivity contribution in [1.29, 1.82) is 0 Å². The first kappa shape index (κ1) is 17.3. The molecular formula is C16H26N2O3. The maximum Gasteiger partial charge on any atom is 0.258 e. The fourth-order valence-electron chi connectivity index (χ4n) is 1.92. The van der Waals surface area contributed by atoms with Crippen molar-refractivity contribution in [2.45, 2.75) is 45.7 Å². The zero-order valence-corrected chi connectivity index (χ0v) is 13.3. The summed E-state index contributed by atoms with van der Waals surface area (Å²) in [5.74, 6) is 1.30. The molecule has 0 spiro atoms. The van der Waals surface area contributed by atoms with Crippen LogP contribution < -0.4 is 20.5 Å². The van der Waals surface area contributed by atoms with Crippen molar-refractivity contribution in [2.24, 2.45) is 5.73 Å². The molecule has 0 aliphatic rings. The molecule has 5 heteroatoms. The smallest absolute Gasteiger partial charge is 0.258 e. The van der Waals surface area contributed by atoms with Gasteiger partial charge in [0.05, 0.1) is 7.11 Å². The monoisotopic (exact) mass is 294 g/mol. The number of hydrogen-bond donors (Lipinski definition) is 2. The van der Waals surface area contributed by atoms with E-state index < -0.39 is 0 Å². The van der Waals surface area contributed by atoms with Crippen LogP contribution in [0.15, 0.2) is 18.2 Å². The first-order valence-corrected chi connectivity index (χ1v) is 7.30. The number of carbonyl (C=O) groups excluding carboxylic acids is 1. The van der Waals surface area contributed by atoms with E-state index in [0.717, 1.165) is 17.7 Å². The number of carbonyl (C=O) groups is 1. The van der Waals surface area contributed by atoms with E-state index in [0.29, 0.717) is 12.2 Å². The Balaban J connectivity index is 2.77. The molecule has 0 heterocycles. The Morgan fingerprint density at radius 3 is 2.67 bits per heavy atom. The van der Waals surface area contributed by atoms with Gasteiger partial charge in [-0.3, -0.25) is 4.79 Å². The Hall–Kier alpha value is -1.75. The predicted molar refractivity (Wildman–Crippen MR) is 83.7 cm³/mol. The van der Waals surface area contributed by atoms with Crippen molar-refractivity contribution in [3.63, 3.8) is 0 Å². The second-order valence-electron chi connectivity index (χ2n) is 5.36. The Labute approximate surface area is 126 Å². The molecule has 0 fully saturated rings. The van der Waals surface area contributed by atoms with Crippen LogP contribution in [0.1, 0.15) is 32.8 Å². The zero-order valence-electron chi connectivity index (χ0n) is 13.3. The van der Waals surface area contributed by atoms with E-state index in [9.17, 15) is 4.79 Å². The Bertz CT molecular complexity index is 461. The minimum absolute atomic E-state index is 0.00112. The van der Waals surface area contributed by atoms with Gasteiger partial charge >= 0.3 is 0 Å². The fraction of sp³-hybridized carbons (Fsp3) is 0.562. The second kappa shape index (κ2) is 8.52. The van der Waals surface area contributed by atoms with Gasteiger partial charge in [0.1, 0.15) is 11.5 Å². The molecule has 1 unspecified atom stereocenters. The summed E-state index contributed by atoms with van der Waals surface area (Å²) >= 11 is 0. The lowest BCUT2D eigenvalue weighted by molar-refractivity contribution is -0.123. The topological polar surface area (TPSA) is 73.6 Å². The highest BCUT2D eigenvalue weighted by Gasteiger charge is 2.11. The molecule has 0 aliphatic heterocycles. The van der Waals surface area contributed by atoms with Crippen molar-refractivity contribution < 1.29 is 14.3 Å². The lowest BCUT2D eigenvalue weighted by Gasteiger charge is -2.16. The van der Waals surface area contributed by atoms with Gasteiger partial charge in [0.2, 0.25) is 0 Å². The van der Waals surface area contributed by atoms with Crippen LogP contribution in [0, 0.1) is 0 Å². The molecule has 5 nitrogen and oxygen atoms in total. The largest absolute Gasteiger partial charge is 0.497 e. The van der Waals surface area contributed by atoms with Crippen LogP contribution in [-0.4, -0.2) is 31.7 Å². The predicted octanol–water partition coefficient (Wildman–Crippen LogP) is 1.88. The van der Waals surface area contributed by atoms with E-state index in [4.69, 9.17) is 15.2 Å². The molecule has 0 aromatic heterocycles. The third-order valence-corrected chi connectivity index (χ3v) is 3.08. The number of benzene rings is 1. The van der Waals surface area contributed by atoms with E-state index in [2.05, 4.69) is 5.32 Å². The van der Waals surface area contributed by atoms with Crippen LogP contribution in [0.3, 0.4) is 0 Å². The highest BCUT2D eigenvalue weighted by molar-refractivity contribution is 5.77. The van der Waals surface area contributed by atoms with Crippen molar-refractivity contribution in [2.75, 3.05) is 13.7 Å². The third kappa shape index (κ3) is 6.04. The fourth-order valence-corrected chi connectivity index (χ4v) is 1.92. The lowest BCUT2D eigenvalue weighted by Crippen LogP contribution is -2.34. The Morgan fingerprint density at radius 2 is 2.10 bits per heavy atom. The minimum atomic E-state index is -0.133. The number of methoxy groups -OCH3 is 1. The Morgan fingerprint density at radius 1 is 1.38 bits per heavy atom. The molecule has 21 heavy (non-hydrogen) atoms. The summed E-state index contributed by atoms with van der Waals surface area (Å²) in [6.45, 7) is 5.87. The standard InChI is InChI=1S/C16H26N2O3/c1-5-13(17)8-12-9-14(20-4)6-7-15(12)21-10-16(19)18-11(2)3/h6-7,9,11,13H,5,8,10,17H2,1-4H3,(H,18,19). The third-order valence-electron chi connectivity index (χ3n) is 3.08. The quantitative estimate of drug-likeness (QED) is 0.768. The molecule has 3 N–H and O–H groups in total. The summed E-state index contributed by atoms with van der Waals surface area (Å²) in [4.78, 5) is 11.7. The lowest BCUT2D eigenvalue weighted by atomic mass is 10.0. The average Bonchev–Trinajstić information content (AvgIpc) is 2.44. The molecular weight excluding hydrogens is 268 g/mol. The normalized spacial score (nSPS) is 12.1. The highest BCUT2D eigenvalue weighted by Crippen LogP contribution is 2.25. The van der Waals surface area contributed by atoms with Crippen molar-refractivity contribution in [1.82, 2.24) is 5.32 Å². The number of amides is 1. The molecule has 1 atom stereocenters. The first-order chi connectivity index (χ1) is 9.96. The van der Waals surface area contributed by atoms with Gasteiger partial charge in [-0.1, -0.05) is 6.92 Å². The molecule has 0 saturated heterocycles. The van der Waals surface area contributed by atoms with Crippen molar-refractivity contribution >= 4 is 5.91 Å². The van der Waals surface area contributed by atoms with Crippen LogP contribution in [0.25, 0.3) is 0 Å². The van der Waals surface area contributed by atoms with Gasteiger partial charge < -0.3 is 20.5 Å². The van der Waals surface area contributed by atoms with E-state index in [1.807, 2.05) is 39.0 Å². The van der Waals surface area contributed by atoms with Gasteiger partial charge in [0.15, 0.2) is 6.61 Å². The SMILES string of the molecule is CCC(N)Cc1cc(OC)ccc1OCC(=O)NC(C)C. The van der Waals surface area contributed by atoms with Gasteiger partial charge in [-0.25, -0.2) is 0 Å². The average molecular weight is 294 g/mol. The summed E-state index contributed by atoms with van der Waals surface area (Å²) < 4.78 is 10.8. The number of ether oxygens (including phenoxy) is 2. The van der Waals surface area contributed by atoms with Gasteiger partial charge in [-0.05, 0) is 50.5 Å². The molecule has 118 valence electrons.